The van der Waals surface area contributed by atoms with Crippen LogP contribution in [0.2, 0.25) is 4.34 Å². The molecule has 0 spiro atoms. The van der Waals surface area contributed by atoms with Gasteiger partial charge >= 0.3 is 0 Å². The minimum atomic E-state index is -0.307. The summed E-state index contributed by atoms with van der Waals surface area (Å²) in [5.74, 6) is -0.0976. The molecule has 2 saturated heterocycles. The topological polar surface area (TPSA) is 55.9 Å². The summed E-state index contributed by atoms with van der Waals surface area (Å²) < 4.78 is 0.586. The van der Waals surface area contributed by atoms with Crippen LogP contribution in [0.3, 0.4) is 0 Å². The number of benzene rings is 1. The third-order valence-electron chi connectivity index (χ3n) is 7.21. The van der Waals surface area contributed by atoms with E-state index in [4.69, 9.17) is 11.6 Å². The van der Waals surface area contributed by atoms with Crippen LogP contribution >= 0.6 is 22.9 Å². The van der Waals surface area contributed by atoms with Crippen molar-refractivity contribution in [2.45, 2.75) is 43.3 Å². The predicted octanol–water partition coefficient (Wildman–Crippen LogP) is 3.52. The fourth-order valence-electron chi connectivity index (χ4n) is 5.25. The summed E-state index contributed by atoms with van der Waals surface area (Å²) in [5.41, 5.74) is 2.37. The molecule has 1 aromatic heterocycles. The number of hydrogen-bond acceptors (Lipinski definition) is 5. The highest BCUT2D eigenvalue weighted by atomic mass is 35.5. The van der Waals surface area contributed by atoms with Crippen LogP contribution in [0.25, 0.3) is 0 Å². The summed E-state index contributed by atoms with van der Waals surface area (Å²) >= 11 is 7.21. The maximum Gasteiger partial charge on any atom is 0.261 e. The molecule has 2 atom stereocenters. The molecule has 8 heteroatoms. The third kappa shape index (κ3) is 3.48. The molecule has 164 valence electrons. The normalized spacial score (nSPS) is 25.0. The van der Waals surface area contributed by atoms with Gasteiger partial charge < -0.3 is 5.32 Å². The molecule has 31 heavy (non-hydrogen) atoms. The lowest BCUT2D eigenvalue weighted by molar-refractivity contribution is -0.119. The fraction of sp³-hybridized carbons (Fsp3) is 0.478. The molecular weight excluding hydrogens is 432 g/mol. The van der Waals surface area contributed by atoms with Crippen molar-refractivity contribution < 1.29 is 9.59 Å². The minimum absolute atomic E-state index is 0.0609. The number of carbonyl (C=O) groups is 2. The molecular formula is C23H27ClN4O2S. The van der Waals surface area contributed by atoms with E-state index in [1.165, 1.54) is 36.2 Å². The average molecular weight is 459 g/mol. The van der Waals surface area contributed by atoms with E-state index in [-0.39, 0.29) is 29.4 Å². The van der Waals surface area contributed by atoms with Crippen LogP contribution in [0.5, 0.6) is 0 Å². The molecule has 0 radical (unpaired) electrons. The van der Waals surface area contributed by atoms with E-state index in [2.05, 4.69) is 53.5 Å². The van der Waals surface area contributed by atoms with Gasteiger partial charge in [-0.1, -0.05) is 23.7 Å². The van der Waals surface area contributed by atoms with E-state index in [1.807, 2.05) is 4.90 Å². The Kier molecular flexibility index (Phi) is 5.33. The van der Waals surface area contributed by atoms with Crippen molar-refractivity contribution in [3.05, 3.63) is 51.2 Å². The van der Waals surface area contributed by atoms with Gasteiger partial charge in [0.15, 0.2) is 0 Å². The van der Waals surface area contributed by atoms with Crippen molar-refractivity contribution in [2.75, 3.05) is 32.2 Å². The standard InChI is InChI=1S/C23H27ClN4O2S/c1-26(2)23(11-3-12-23)15-4-6-16(7-5-15)28-14-27-13-10-17(20(27)22(28)30)25-21(29)18-8-9-19(24)31-18/h4-9,17,20H,3,10-14H2,1-2H3,(H,25,29)/t17-,20+/m1/s1. The van der Waals surface area contributed by atoms with Gasteiger partial charge in [-0.15, -0.1) is 11.3 Å². The first-order valence-electron chi connectivity index (χ1n) is 10.8. The zero-order valence-electron chi connectivity index (χ0n) is 17.8. The molecule has 1 N–H and O–H groups in total. The highest BCUT2D eigenvalue weighted by Gasteiger charge is 2.48. The Morgan fingerprint density at radius 1 is 1.19 bits per heavy atom. The first kappa shape index (κ1) is 20.9. The van der Waals surface area contributed by atoms with Gasteiger partial charge in [0, 0.05) is 17.8 Å². The second-order valence-electron chi connectivity index (χ2n) is 8.96. The van der Waals surface area contributed by atoms with E-state index in [9.17, 15) is 9.59 Å². The number of carbonyl (C=O) groups excluding carboxylic acids is 2. The SMILES string of the molecule is CN(C)C1(c2ccc(N3CN4CC[C@@H](NC(=O)c5ccc(Cl)s5)[C@H]4C3=O)cc2)CCC1. The maximum atomic E-state index is 13.3. The van der Waals surface area contributed by atoms with Gasteiger partial charge in [-0.3, -0.25) is 24.3 Å². The second kappa shape index (κ2) is 7.89. The number of halogens is 1. The van der Waals surface area contributed by atoms with Crippen LogP contribution in [-0.2, 0) is 10.3 Å². The van der Waals surface area contributed by atoms with E-state index < -0.39 is 0 Å². The molecule has 2 aromatic rings. The Morgan fingerprint density at radius 2 is 1.94 bits per heavy atom. The van der Waals surface area contributed by atoms with Crippen LogP contribution in [0.15, 0.2) is 36.4 Å². The molecule has 2 aliphatic heterocycles. The highest BCUT2D eigenvalue weighted by molar-refractivity contribution is 7.18. The van der Waals surface area contributed by atoms with Gasteiger partial charge in [0.05, 0.1) is 21.9 Å². The number of rotatable bonds is 5. The third-order valence-corrected chi connectivity index (χ3v) is 8.44. The van der Waals surface area contributed by atoms with E-state index in [0.29, 0.717) is 15.9 Å². The Morgan fingerprint density at radius 3 is 2.52 bits per heavy atom. The quantitative estimate of drug-likeness (QED) is 0.744. The average Bonchev–Trinajstić information content (AvgIpc) is 3.39. The van der Waals surface area contributed by atoms with E-state index in [1.54, 1.807) is 12.1 Å². The lowest BCUT2D eigenvalue weighted by atomic mass is 9.71. The van der Waals surface area contributed by atoms with Crippen LogP contribution in [-0.4, -0.2) is 61.0 Å². The molecule has 3 heterocycles. The monoisotopic (exact) mass is 458 g/mol. The number of fused-ring (bicyclic) bond motifs is 1. The molecule has 3 fully saturated rings. The van der Waals surface area contributed by atoms with Gasteiger partial charge in [0.2, 0.25) is 5.91 Å². The van der Waals surface area contributed by atoms with Crippen molar-refractivity contribution in [3.8, 4) is 0 Å². The zero-order chi connectivity index (χ0) is 21.8. The van der Waals surface area contributed by atoms with E-state index >= 15 is 0 Å². The van der Waals surface area contributed by atoms with Crippen molar-refractivity contribution in [1.29, 1.82) is 0 Å². The molecule has 5 rings (SSSR count). The molecule has 3 aliphatic rings. The van der Waals surface area contributed by atoms with Crippen molar-refractivity contribution in [1.82, 2.24) is 15.1 Å². The van der Waals surface area contributed by atoms with E-state index in [0.717, 1.165) is 18.7 Å². The second-order valence-corrected chi connectivity index (χ2v) is 10.7. The Bertz CT molecular complexity index is 1000. The first-order chi connectivity index (χ1) is 14.9. The largest absolute Gasteiger partial charge is 0.346 e. The Hall–Kier alpha value is -1.93. The molecule has 0 unspecified atom stereocenters. The van der Waals surface area contributed by atoms with Crippen LogP contribution < -0.4 is 10.2 Å². The van der Waals surface area contributed by atoms with Crippen molar-refractivity contribution in [3.63, 3.8) is 0 Å². The van der Waals surface area contributed by atoms with Gasteiger partial charge in [-0.25, -0.2) is 0 Å². The lowest BCUT2D eigenvalue weighted by Gasteiger charge is -2.48. The summed E-state index contributed by atoms with van der Waals surface area (Å²) in [6.45, 7) is 1.36. The molecule has 1 aliphatic carbocycles. The summed E-state index contributed by atoms with van der Waals surface area (Å²) in [6.07, 6.45) is 4.38. The van der Waals surface area contributed by atoms with Crippen LogP contribution in [0.1, 0.15) is 40.9 Å². The van der Waals surface area contributed by atoms with Gasteiger partial charge in [0.1, 0.15) is 6.04 Å². The Balaban J connectivity index is 1.30. The summed E-state index contributed by atoms with van der Waals surface area (Å²) in [7, 11) is 4.29. The number of nitrogens with one attached hydrogen (secondary N) is 1. The molecule has 1 aromatic carbocycles. The minimum Gasteiger partial charge on any atom is -0.346 e. The predicted molar refractivity (Wildman–Crippen MR) is 124 cm³/mol. The van der Waals surface area contributed by atoms with Crippen LogP contribution in [0.4, 0.5) is 5.69 Å². The number of nitrogens with zero attached hydrogens (tertiary/aromatic N) is 3. The van der Waals surface area contributed by atoms with Crippen molar-refractivity contribution >= 4 is 40.4 Å². The molecule has 2 amide bonds. The number of anilines is 1. The van der Waals surface area contributed by atoms with Gasteiger partial charge in [-0.05, 0) is 69.6 Å². The van der Waals surface area contributed by atoms with Crippen molar-refractivity contribution in [2.24, 2.45) is 0 Å². The number of thiophene rings is 1. The highest BCUT2D eigenvalue weighted by Crippen LogP contribution is 2.45. The Labute approximate surface area is 191 Å². The summed E-state index contributed by atoms with van der Waals surface area (Å²) in [6, 6.07) is 11.4. The van der Waals surface area contributed by atoms with Gasteiger partial charge in [-0.2, -0.15) is 0 Å². The smallest absolute Gasteiger partial charge is 0.261 e. The molecule has 1 saturated carbocycles. The van der Waals surface area contributed by atoms with Gasteiger partial charge in [0.25, 0.3) is 5.91 Å². The first-order valence-corrected chi connectivity index (χ1v) is 12.0. The lowest BCUT2D eigenvalue weighted by Crippen LogP contribution is -2.47. The van der Waals surface area contributed by atoms with Crippen LogP contribution in [0, 0.1) is 0 Å². The fourth-order valence-corrected chi connectivity index (χ4v) is 6.19. The summed E-state index contributed by atoms with van der Waals surface area (Å²) in [5, 5.41) is 3.06. The zero-order valence-corrected chi connectivity index (χ0v) is 19.4. The molecule has 6 nitrogen and oxygen atoms in total. The number of amides is 2. The summed E-state index contributed by atoms with van der Waals surface area (Å²) in [4.78, 5) is 32.8. The number of hydrogen-bond donors (Lipinski definition) is 1. The maximum absolute atomic E-state index is 13.3. The molecule has 0 bridgehead atoms.